The number of hydrogen-bond acceptors (Lipinski definition) is 5. The Labute approximate surface area is 137 Å². The number of nitrogens with one attached hydrogen (secondary N) is 1. The van der Waals surface area contributed by atoms with E-state index in [1.807, 2.05) is 12.3 Å². The van der Waals surface area contributed by atoms with Crippen LogP contribution in [0.1, 0.15) is 16.1 Å². The molecule has 0 aliphatic carbocycles. The van der Waals surface area contributed by atoms with Gasteiger partial charge in [0.15, 0.2) is 5.13 Å². The number of carboxylic acid groups (broad SMARTS) is 1. The Kier molecular flexibility index (Phi) is 5.38. The molecule has 0 saturated heterocycles. The molecule has 0 spiro atoms. The molecule has 1 heterocycles. The number of aromatic nitrogens is 1. The van der Waals surface area contributed by atoms with E-state index < -0.39 is 5.97 Å². The minimum atomic E-state index is -1.01. The Morgan fingerprint density at radius 1 is 1.48 bits per heavy atom. The van der Waals surface area contributed by atoms with Crippen LogP contribution < -0.4 is 5.32 Å². The number of aromatic carboxylic acids is 1. The summed E-state index contributed by atoms with van der Waals surface area (Å²) in [5.41, 5.74) is 1.03. The van der Waals surface area contributed by atoms with Crippen molar-refractivity contribution in [2.24, 2.45) is 0 Å². The molecule has 5 nitrogen and oxygen atoms in total. The summed E-state index contributed by atoms with van der Waals surface area (Å²) in [5.74, 6) is -1.11. The number of thioether (sulfide) groups is 1. The van der Waals surface area contributed by atoms with Crippen LogP contribution in [0.25, 0.3) is 0 Å². The van der Waals surface area contributed by atoms with Crippen LogP contribution in [0.2, 0.25) is 0 Å². The van der Waals surface area contributed by atoms with Crippen LogP contribution in [0.5, 0.6) is 0 Å². The molecule has 0 aliphatic rings. The molecular formula is C13H11BrN2O3S2. The first kappa shape index (κ1) is 16.0. The number of rotatable bonds is 5. The van der Waals surface area contributed by atoms with Crippen molar-refractivity contribution in [1.82, 2.24) is 4.98 Å². The molecule has 21 heavy (non-hydrogen) atoms. The van der Waals surface area contributed by atoms with Gasteiger partial charge in [-0.05, 0) is 25.1 Å². The van der Waals surface area contributed by atoms with Gasteiger partial charge < -0.3 is 10.4 Å². The predicted molar refractivity (Wildman–Crippen MR) is 87.3 cm³/mol. The lowest BCUT2D eigenvalue weighted by Crippen LogP contribution is -2.14. The highest BCUT2D eigenvalue weighted by Gasteiger charge is 2.13. The molecular weight excluding hydrogens is 376 g/mol. The lowest BCUT2D eigenvalue weighted by atomic mass is 10.2. The van der Waals surface area contributed by atoms with Crippen LogP contribution >= 0.6 is 39.0 Å². The third kappa shape index (κ3) is 4.55. The van der Waals surface area contributed by atoms with E-state index in [0.29, 0.717) is 10.0 Å². The Morgan fingerprint density at radius 3 is 2.86 bits per heavy atom. The lowest BCUT2D eigenvalue weighted by Gasteiger charge is -2.06. The number of carbonyl (C=O) groups is 2. The zero-order valence-electron chi connectivity index (χ0n) is 10.9. The first-order valence-corrected chi connectivity index (χ1v) is 8.49. The summed E-state index contributed by atoms with van der Waals surface area (Å²) in [7, 11) is 0. The monoisotopic (exact) mass is 386 g/mol. The largest absolute Gasteiger partial charge is 0.478 e. The van der Waals surface area contributed by atoms with Gasteiger partial charge in [0.25, 0.3) is 0 Å². The number of anilines is 1. The number of carboxylic acids is 1. The van der Waals surface area contributed by atoms with Crippen molar-refractivity contribution in [3.63, 3.8) is 0 Å². The van der Waals surface area contributed by atoms with Crippen molar-refractivity contribution in [2.45, 2.75) is 11.8 Å². The second kappa shape index (κ2) is 7.06. The maximum absolute atomic E-state index is 11.8. The minimum absolute atomic E-state index is 0.120. The minimum Gasteiger partial charge on any atom is -0.478 e. The highest BCUT2D eigenvalue weighted by molar-refractivity contribution is 9.10. The average molecular weight is 387 g/mol. The van der Waals surface area contributed by atoms with E-state index in [4.69, 9.17) is 5.11 Å². The van der Waals surface area contributed by atoms with E-state index in [9.17, 15) is 9.59 Å². The van der Waals surface area contributed by atoms with Gasteiger partial charge in [0.05, 0.1) is 17.0 Å². The first-order chi connectivity index (χ1) is 9.95. The molecule has 1 aromatic carbocycles. The summed E-state index contributed by atoms with van der Waals surface area (Å²) in [6.07, 6.45) is 0. The summed E-state index contributed by atoms with van der Waals surface area (Å²) in [6, 6.07) is 4.86. The molecule has 0 bridgehead atoms. The smallest absolute Gasteiger partial charge is 0.336 e. The molecule has 8 heteroatoms. The summed E-state index contributed by atoms with van der Waals surface area (Å²) in [5, 5.41) is 14.2. The van der Waals surface area contributed by atoms with Crippen LogP contribution in [0.3, 0.4) is 0 Å². The number of nitrogens with zero attached hydrogens (tertiary/aromatic N) is 1. The molecule has 0 atom stereocenters. The second-order valence-corrected chi connectivity index (χ2v) is 6.87. The zero-order valence-corrected chi connectivity index (χ0v) is 14.1. The van der Waals surface area contributed by atoms with Crippen molar-refractivity contribution in [3.05, 3.63) is 39.3 Å². The topological polar surface area (TPSA) is 79.3 Å². The number of amides is 1. The number of benzene rings is 1. The van der Waals surface area contributed by atoms with Gasteiger partial charge in [-0.15, -0.1) is 23.1 Å². The SMILES string of the molecule is Cc1csc(NC(=O)CSc2cc(Br)ccc2C(=O)O)n1. The summed E-state index contributed by atoms with van der Waals surface area (Å²) >= 11 is 5.83. The van der Waals surface area contributed by atoms with Crippen molar-refractivity contribution in [1.29, 1.82) is 0 Å². The fourth-order valence-corrected chi connectivity index (χ4v) is 3.60. The standard InChI is InChI=1S/C13H11BrN2O3S2/c1-7-5-21-13(15-7)16-11(17)6-20-10-4-8(14)2-3-9(10)12(18)19/h2-5H,6H2,1H3,(H,18,19)(H,15,16,17). The van der Waals surface area contributed by atoms with Gasteiger partial charge in [0, 0.05) is 14.7 Å². The Hall–Kier alpha value is -1.38. The van der Waals surface area contributed by atoms with Gasteiger partial charge in [0.2, 0.25) is 5.91 Å². The fraction of sp³-hybridized carbons (Fsp3) is 0.154. The van der Waals surface area contributed by atoms with Crippen LogP contribution in [-0.4, -0.2) is 27.7 Å². The van der Waals surface area contributed by atoms with E-state index in [2.05, 4.69) is 26.2 Å². The number of thiazole rings is 1. The summed E-state index contributed by atoms with van der Waals surface area (Å²) in [4.78, 5) is 27.7. The van der Waals surface area contributed by atoms with Crippen LogP contribution in [0.4, 0.5) is 5.13 Å². The van der Waals surface area contributed by atoms with Crippen molar-refractivity contribution in [2.75, 3.05) is 11.1 Å². The van der Waals surface area contributed by atoms with Gasteiger partial charge in [-0.25, -0.2) is 9.78 Å². The molecule has 0 aliphatic heterocycles. The Morgan fingerprint density at radius 2 is 2.24 bits per heavy atom. The molecule has 2 aromatic rings. The van der Waals surface area contributed by atoms with E-state index in [0.717, 1.165) is 10.2 Å². The summed E-state index contributed by atoms with van der Waals surface area (Å²) in [6.45, 7) is 1.85. The van der Waals surface area contributed by atoms with E-state index in [1.54, 1.807) is 12.1 Å². The quantitative estimate of drug-likeness (QED) is 0.766. The van der Waals surface area contributed by atoms with Crippen LogP contribution in [0, 0.1) is 6.92 Å². The Bertz CT molecular complexity index is 688. The van der Waals surface area contributed by atoms with E-state index >= 15 is 0 Å². The van der Waals surface area contributed by atoms with Crippen LogP contribution in [0.15, 0.2) is 32.9 Å². The molecule has 0 unspecified atom stereocenters. The lowest BCUT2D eigenvalue weighted by molar-refractivity contribution is -0.113. The third-order valence-electron chi connectivity index (χ3n) is 2.40. The van der Waals surface area contributed by atoms with Gasteiger partial charge in [-0.2, -0.15) is 0 Å². The van der Waals surface area contributed by atoms with E-state index in [1.165, 1.54) is 29.2 Å². The van der Waals surface area contributed by atoms with Gasteiger partial charge >= 0.3 is 5.97 Å². The summed E-state index contributed by atoms with van der Waals surface area (Å²) < 4.78 is 0.769. The third-order valence-corrected chi connectivity index (χ3v) is 4.82. The maximum Gasteiger partial charge on any atom is 0.336 e. The number of halogens is 1. The highest BCUT2D eigenvalue weighted by atomic mass is 79.9. The molecule has 110 valence electrons. The van der Waals surface area contributed by atoms with E-state index in [-0.39, 0.29) is 17.2 Å². The predicted octanol–water partition coefficient (Wildman–Crippen LogP) is 3.64. The number of carbonyl (C=O) groups excluding carboxylic acids is 1. The van der Waals surface area contributed by atoms with Crippen molar-refractivity contribution in [3.8, 4) is 0 Å². The van der Waals surface area contributed by atoms with Gasteiger partial charge in [-0.1, -0.05) is 15.9 Å². The molecule has 0 fully saturated rings. The van der Waals surface area contributed by atoms with Crippen LogP contribution in [-0.2, 0) is 4.79 Å². The fourth-order valence-electron chi connectivity index (χ4n) is 1.50. The number of hydrogen-bond donors (Lipinski definition) is 2. The van der Waals surface area contributed by atoms with Crippen molar-refractivity contribution < 1.29 is 14.7 Å². The van der Waals surface area contributed by atoms with Crippen molar-refractivity contribution >= 4 is 56.0 Å². The Balaban J connectivity index is 2.00. The molecule has 1 amide bonds. The maximum atomic E-state index is 11.8. The van der Waals surface area contributed by atoms with Gasteiger partial charge in [-0.3, -0.25) is 4.79 Å². The first-order valence-electron chi connectivity index (χ1n) is 5.83. The molecule has 0 radical (unpaired) electrons. The highest BCUT2D eigenvalue weighted by Crippen LogP contribution is 2.27. The molecule has 2 N–H and O–H groups in total. The number of aryl methyl sites for hydroxylation is 1. The zero-order chi connectivity index (χ0) is 15.4. The normalized spacial score (nSPS) is 10.4. The average Bonchev–Trinajstić information content (AvgIpc) is 2.81. The second-order valence-electron chi connectivity index (χ2n) is 4.08. The molecule has 1 aromatic heterocycles. The molecule has 0 saturated carbocycles. The van der Waals surface area contributed by atoms with Gasteiger partial charge in [0.1, 0.15) is 0 Å². The molecule has 2 rings (SSSR count).